The van der Waals surface area contributed by atoms with Crippen LogP contribution >= 0.6 is 11.3 Å². The summed E-state index contributed by atoms with van der Waals surface area (Å²) in [6, 6.07) is 10.6. The number of hydrogen-bond acceptors (Lipinski definition) is 6. The number of carbonyl (C=O) groups excluding carboxylic acids is 1. The zero-order valence-electron chi connectivity index (χ0n) is 11.2. The average molecular weight is 300 g/mol. The van der Waals surface area contributed by atoms with Crippen LogP contribution in [0.25, 0.3) is 10.2 Å². The minimum absolute atomic E-state index is 0.382. The van der Waals surface area contributed by atoms with Gasteiger partial charge in [0.25, 0.3) is 0 Å². The molecule has 0 fully saturated rings. The third kappa shape index (κ3) is 2.66. The van der Waals surface area contributed by atoms with Crippen molar-refractivity contribution in [2.24, 2.45) is 0 Å². The van der Waals surface area contributed by atoms with Gasteiger partial charge in [-0.2, -0.15) is 0 Å². The van der Waals surface area contributed by atoms with Crippen LogP contribution in [0.1, 0.15) is 9.67 Å². The summed E-state index contributed by atoms with van der Waals surface area (Å²) in [5, 5.41) is 0. The molecule has 21 heavy (non-hydrogen) atoms. The van der Waals surface area contributed by atoms with Gasteiger partial charge in [-0.1, -0.05) is 6.07 Å². The van der Waals surface area contributed by atoms with Gasteiger partial charge < -0.3 is 15.2 Å². The van der Waals surface area contributed by atoms with E-state index in [1.165, 1.54) is 18.4 Å². The van der Waals surface area contributed by atoms with Crippen LogP contribution in [0, 0.1) is 0 Å². The van der Waals surface area contributed by atoms with E-state index in [2.05, 4.69) is 4.98 Å². The fourth-order valence-corrected chi connectivity index (χ4v) is 2.88. The number of thiophene rings is 1. The summed E-state index contributed by atoms with van der Waals surface area (Å²) in [4.78, 5) is 16.3. The molecule has 2 heterocycles. The lowest BCUT2D eigenvalue weighted by Crippen LogP contribution is -1.96. The maximum Gasteiger partial charge on any atom is 0.348 e. The Labute approximate surface area is 124 Å². The topological polar surface area (TPSA) is 74.4 Å². The lowest BCUT2D eigenvalue weighted by molar-refractivity contribution is 0.0606. The summed E-state index contributed by atoms with van der Waals surface area (Å²) in [5.41, 5.74) is 7.06. The highest BCUT2D eigenvalue weighted by Crippen LogP contribution is 2.35. The number of nitrogens with zero attached hydrogens (tertiary/aromatic N) is 1. The number of nitrogens with two attached hydrogens (primary N) is 1. The molecule has 0 saturated heterocycles. The molecule has 3 aromatic rings. The SMILES string of the molecule is COC(=O)c1cc2nccc(Oc3cccc(N)c3)c2s1. The summed E-state index contributed by atoms with van der Waals surface area (Å²) >= 11 is 1.29. The first kappa shape index (κ1) is 13.4. The smallest absolute Gasteiger partial charge is 0.348 e. The van der Waals surface area contributed by atoms with Crippen molar-refractivity contribution >= 4 is 33.2 Å². The van der Waals surface area contributed by atoms with Crippen molar-refractivity contribution in [3.8, 4) is 11.5 Å². The first-order chi connectivity index (χ1) is 10.2. The molecular formula is C15H12N2O3S. The Balaban J connectivity index is 2.02. The maximum atomic E-state index is 11.6. The van der Waals surface area contributed by atoms with Gasteiger partial charge in [0.15, 0.2) is 0 Å². The first-order valence-electron chi connectivity index (χ1n) is 6.17. The Morgan fingerprint density at radius 1 is 1.29 bits per heavy atom. The third-order valence-corrected chi connectivity index (χ3v) is 3.97. The number of ether oxygens (including phenoxy) is 2. The molecule has 0 aliphatic carbocycles. The van der Waals surface area contributed by atoms with Gasteiger partial charge in [-0.25, -0.2) is 4.79 Å². The lowest BCUT2D eigenvalue weighted by atomic mass is 10.3. The van der Waals surface area contributed by atoms with E-state index in [9.17, 15) is 4.79 Å². The third-order valence-electron chi connectivity index (χ3n) is 2.85. The Kier molecular flexibility index (Phi) is 3.45. The number of benzene rings is 1. The van der Waals surface area contributed by atoms with Gasteiger partial charge in [0.2, 0.25) is 0 Å². The summed E-state index contributed by atoms with van der Waals surface area (Å²) in [6.45, 7) is 0. The van der Waals surface area contributed by atoms with E-state index in [1.807, 2.05) is 12.1 Å². The predicted molar refractivity (Wildman–Crippen MR) is 81.9 cm³/mol. The highest BCUT2D eigenvalue weighted by atomic mass is 32.1. The van der Waals surface area contributed by atoms with E-state index >= 15 is 0 Å². The van der Waals surface area contributed by atoms with E-state index in [0.717, 1.165) is 4.70 Å². The molecule has 0 atom stereocenters. The number of anilines is 1. The van der Waals surface area contributed by atoms with Crippen LogP contribution in [-0.2, 0) is 4.74 Å². The summed E-state index contributed by atoms with van der Waals surface area (Å²) in [6.07, 6.45) is 1.64. The zero-order chi connectivity index (χ0) is 14.8. The van der Waals surface area contributed by atoms with Crippen LogP contribution in [-0.4, -0.2) is 18.1 Å². The van der Waals surface area contributed by atoms with E-state index in [4.69, 9.17) is 15.2 Å². The highest BCUT2D eigenvalue weighted by molar-refractivity contribution is 7.21. The summed E-state index contributed by atoms with van der Waals surface area (Å²) in [5.74, 6) is 0.883. The maximum absolute atomic E-state index is 11.6. The molecular weight excluding hydrogens is 288 g/mol. The number of esters is 1. The van der Waals surface area contributed by atoms with E-state index in [1.54, 1.807) is 30.5 Å². The fraction of sp³-hybridized carbons (Fsp3) is 0.0667. The number of carbonyl (C=O) groups is 1. The number of nitrogen functional groups attached to an aromatic ring is 1. The molecule has 0 aliphatic heterocycles. The van der Waals surface area contributed by atoms with Gasteiger partial charge in [-0.05, 0) is 18.2 Å². The van der Waals surface area contributed by atoms with Gasteiger partial charge in [-0.15, -0.1) is 11.3 Å². The second-order valence-corrected chi connectivity index (χ2v) is 5.35. The second-order valence-electron chi connectivity index (χ2n) is 4.30. The van der Waals surface area contributed by atoms with Crippen LogP contribution in [0.4, 0.5) is 5.69 Å². The largest absolute Gasteiger partial charge is 0.465 e. The van der Waals surface area contributed by atoms with Crippen LogP contribution in [0.5, 0.6) is 11.5 Å². The minimum atomic E-state index is -0.382. The van der Waals surface area contributed by atoms with Crippen LogP contribution < -0.4 is 10.5 Å². The van der Waals surface area contributed by atoms with Crippen molar-refractivity contribution in [3.63, 3.8) is 0 Å². The monoisotopic (exact) mass is 300 g/mol. The zero-order valence-corrected chi connectivity index (χ0v) is 12.0. The number of fused-ring (bicyclic) bond motifs is 1. The Morgan fingerprint density at radius 3 is 2.90 bits per heavy atom. The van der Waals surface area contributed by atoms with Crippen molar-refractivity contribution in [1.29, 1.82) is 0 Å². The van der Waals surface area contributed by atoms with Crippen molar-refractivity contribution in [2.45, 2.75) is 0 Å². The van der Waals surface area contributed by atoms with Crippen LogP contribution in [0.3, 0.4) is 0 Å². The number of hydrogen-bond donors (Lipinski definition) is 1. The Bertz CT molecular complexity index is 814. The highest BCUT2D eigenvalue weighted by Gasteiger charge is 2.14. The average Bonchev–Trinajstić information content (AvgIpc) is 2.92. The molecule has 0 saturated carbocycles. The van der Waals surface area contributed by atoms with Gasteiger partial charge in [0.1, 0.15) is 16.4 Å². The molecule has 0 unspecified atom stereocenters. The number of aromatic nitrogens is 1. The number of rotatable bonds is 3. The van der Waals surface area contributed by atoms with Gasteiger partial charge >= 0.3 is 5.97 Å². The second kappa shape index (κ2) is 5.41. The Morgan fingerprint density at radius 2 is 2.14 bits per heavy atom. The number of methoxy groups -OCH3 is 1. The standard InChI is InChI=1S/C15H12N2O3S/c1-19-15(18)13-8-11-14(21-13)12(5-6-17-11)20-10-4-2-3-9(16)7-10/h2-8H,16H2,1H3. The molecule has 6 heteroatoms. The molecule has 0 aliphatic rings. The lowest BCUT2D eigenvalue weighted by Gasteiger charge is -2.06. The van der Waals surface area contributed by atoms with E-state index < -0.39 is 0 Å². The Hall–Kier alpha value is -2.60. The van der Waals surface area contributed by atoms with E-state index in [-0.39, 0.29) is 5.97 Å². The minimum Gasteiger partial charge on any atom is -0.465 e. The van der Waals surface area contributed by atoms with Crippen molar-refractivity contribution in [2.75, 3.05) is 12.8 Å². The van der Waals surface area contributed by atoms with Crippen molar-refractivity contribution < 1.29 is 14.3 Å². The van der Waals surface area contributed by atoms with E-state index in [0.29, 0.717) is 27.6 Å². The molecule has 106 valence electrons. The first-order valence-corrected chi connectivity index (χ1v) is 6.99. The van der Waals surface area contributed by atoms with Crippen LogP contribution in [0.15, 0.2) is 42.6 Å². The van der Waals surface area contributed by atoms with Crippen LogP contribution in [0.2, 0.25) is 0 Å². The molecule has 0 amide bonds. The van der Waals surface area contributed by atoms with Crippen molar-refractivity contribution in [1.82, 2.24) is 4.98 Å². The summed E-state index contributed by atoms with van der Waals surface area (Å²) in [7, 11) is 1.35. The number of pyridine rings is 1. The fourth-order valence-electron chi connectivity index (χ4n) is 1.90. The molecule has 0 spiro atoms. The molecule has 0 bridgehead atoms. The van der Waals surface area contributed by atoms with Gasteiger partial charge in [-0.3, -0.25) is 4.98 Å². The van der Waals surface area contributed by atoms with Crippen molar-refractivity contribution in [3.05, 3.63) is 47.5 Å². The normalized spacial score (nSPS) is 10.5. The molecule has 3 rings (SSSR count). The molecule has 5 nitrogen and oxygen atoms in total. The van der Waals surface area contributed by atoms with Gasteiger partial charge in [0, 0.05) is 24.0 Å². The quantitative estimate of drug-likeness (QED) is 0.592. The summed E-state index contributed by atoms with van der Waals surface area (Å²) < 4.78 is 11.4. The molecule has 2 N–H and O–H groups in total. The van der Waals surface area contributed by atoms with Gasteiger partial charge in [0.05, 0.1) is 17.3 Å². The molecule has 1 aromatic carbocycles. The molecule has 2 aromatic heterocycles. The predicted octanol–water partition coefficient (Wildman–Crippen LogP) is 3.46. The molecule has 0 radical (unpaired) electrons.